The molecule has 0 aliphatic carbocycles. The smallest absolute Gasteiger partial charge is 0.184 e. The highest BCUT2D eigenvalue weighted by Crippen LogP contribution is 2.28. The summed E-state index contributed by atoms with van der Waals surface area (Å²) in [5.41, 5.74) is 3.10. The van der Waals surface area contributed by atoms with Crippen LogP contribution in [0.15, 0.2) is 77.0 Å². The lowest BCUT2D eigenvalue weighted by molar-refractivity contribution is 0.592. The lowest BCUT2D eigenvalue weighted by atomic mass is 10.2. The van der Waals surface area contributed by atoms with Gasteiger partial charge in [0, 0.05) is 0 Å². The molecule has 142 valence electrons. The van der Waals surface area contributed by atoms with Crippen molar-refractivity contribution in [3.05, 3.63) is 89.2 Å². The van der Waals surface area contributed by atoms with E-state index in [9.17, 15) is 12.8 Å². The highest BCUT2D eigenvalue weighted by molar-refractivity contribution is 7.90. The maximum atomic E-state index is 13.2. The van der Waals surface area contributed by atoms with E-state index < -0.39 is 15.7 Å². The summed E-state index contributed by atoms with van der Waals surface area (Å²) < 4.78 is 40.7. The number of nitrogens with zero attached hydrogens (tertiary/aromatic N) is 2. The van der Waals surface area contributed by atoms with Crippen LogP contribution in [0.4, 0.5) is 4.39 Å². The summed E-state index contributed by atoms with van der Waals surface area (Å²) >= 11 is 1.55. The number of thiophene rings is 1. The van der Waals surface area contributed by atoms with Gasteiger partial charge < -0.3 is 0 Å². The minimum Gasteiger partial charge on any atom is -0.236 e. The largest absolute Gasteiger partial charge is 0.236 e. The molecule has 7 heteroatoms. The van der Waals surface area contributed by atoms with Crippen molar-refractivity contribution in [2.24, 2.45) is 0 Å². The third-order valence-corrected chi connectivity index (χ3v) is 6.97. The van der Waals surface area contributed by atoms with Crippen LogP contribution >= 0.6 is 11.3 Å². The average Bonchev–Trinajstić information content (AvgIpc) is 3.32. The van der Waals surface area contributed by atoms with E-state index in [1.807, 2.05) is 48.7 Å². The molecular formula is C21H17FN2O2S2. The summed E-state index contributed by atoms with van der Waals surface area (Å²) in [6.07, 6.45) is 0. The summed E-state index contributed by atoms with van der Waals surface area (Å²) in [4.78, 5) is 1.05. The molecule has 2 heterocycles. The van der Waals surface area contributed by atoms with Crippen LogP contribution < -0.4 is 0 Å². The molecule has 2 aromatic heterocycles. The van der Waals surface area contributed by atoms with Crippen LogP contribution in [0.1, 0.15) is 11.3 Å². The fraction of sp³-hybridized carbons (Fsp3) is 0.0952. The van der Waals surface area contributed by atoms with Gasteiger partial charge in [0.05, 0.1) is 26.9 Å². The molecular weight excluding hydrogens is 395 g/mol. The van der Waals surface area contributed by atoms with Gasteiger partial charge in [0.25, 0.3) is 0 Å². The first-order valence-electron chi connectivity index (χ1n) is 8.61. The van der Waals surface area contributed by atoms with Gasteiger partial charge in [-0.25, -0.2) is 17.5 Å². The van der Waals surface area contributed by atoms with Crippen molar-refractivity contribution >= 4 is 21.2 Å². The fourth-order valence-corrected chi connectivity index (χ4v) is 4.99. The van der Waals surface area contributed by atoms with Gasteiger partial charge >= 0.3 is 0 Å². The Morgan fingerprint density at radius 1 is 1.04 bits per heavy atom. The summed E-state index contributed by atoms with van der Waals surface area (Å²) in [5.74, 6) is -0.699. The number of aryl methyl sites for hydroxylation is 1. The normalized spacial score (nSPS) is 11.6. The molecule has 0 saturated carbocycles. The Labute approximate surface area is 166 Å². The summed E-state index contributed by atoms with van der Waals surface area (Å²) in [7, 11) is -3.65. The number of halogens is 1. The molecule has 0 atom stereocenters. The van der Waals surface area contributed by atoms with Crippen LogP contribution in [0.2, 0.25) is 0 Å². The summed E-state index contributed by atoms with van der Waals surface area (Å²) in [6, 6.07) is 18.3. The molecule has 0 amide bonds. The number of aromatic nitrogens is 2. The van der Waals surface area contributed by atoms with Gasteiger partial charge in [0.1, 0.15) is 11.5 Å². The predicted octanol–water partition coefficient (Wildman–Crippen LogP) is 5.02. The van der Waals surface area contributed by atoms with Crippen molar-refractivity contribution in [1.29, 1.82) is 0 Å². The van der Waals surface area contributed by atoms with Crippen LogP contribution in [-0.4, -0.2) is 18.2 Å². The van der Waals surface area contributed by atoms with Gasteiger partial charge in [-0.1, -0.05) is 24.3 Å². The number of para-hydroxylation sites is 1. The van der Waals surface area contributed by atoms with Crippen molar-refractivity contribution in [3.63, 3.8) is 0 Å². The second-order valence-electron chi connectivity index (χ2n) is 6.41. The Morgan fingerprint density at radius 2 is 1.79 bits per heavy atom. The lowest BCUT2D eigenvalue weighted by Gasteiger charge is -2.10. The maximum Gasteiger partial charge on any atom is 0.184 e. The number of hydrogen-bond donors (Lipinski definition) is 0. The molecule has 0 aliphatic rings. The number of rotatable bonds is 5. The monoisotopic (exact) mass is 412 g/mol. The molecule has 0 aliphatic heterocycles. The van der Waals surface area contributed by atoms with Gasteiger partial charge in [0.15, 0.2) is 9.84 Å². The predicted molar refractivity (Wildman–Crippen MR) is 109 cm³/mol. The molecule has 4 aromatic rings. The fourth-order valence-electron chi connectivity index (χ4n) is 3.00. The Morgan fingerprint density at radius 3 is 2.46 bits per heavy atom. The van der Waals surface area contributed by atoms with E-state index in [1.54, 1.807) is 22.1 Å². The third kappa shape index (κ3) is 3.63. The number of benzene rings is 2. The van der Waals surface area contributed by atoms with E-state index in [2.05, 4.69) is 5.10 Å². The Bertz CT molecular complexity index is 1210. The van der Waals surface area contributed by atoms with Gasteiger partial charge in [-0.15, -0.1) is 11.3 Å². The Kier molecular flexibility index (Phi) is 4.87. The van der Waals surface area contributed by atoms with Crippen LogP contribution in [0.3, 0.4) is 0 Å². The molecule has 0 spiro atoms. The van der Waals surface area contributed by atoms with Gasteiger partial charge in [-0.2, -0.15) is 5.10 Å². The van der Waals surface area contributed by atoms with E-state index in [1.165, 1.54) is 12.1 Å². The maximum absolute atomic E-state index is 13.2. The number of hydrogen-bond acceptors (Lipinski definition) is 4. The second-order valence-corrected chi connectivity index (χ2v) is 9.35. The van der Waals surface area contributed by atoms with Crippen molar-refractivity contribution < 1.29 is 12.8 Å². The minimum atomic E-state index is -3.65. The molecule has 0 N–H and O–H groups in total. The Balaban J connectivity index is 1.81. The van der Waals surface area contributed by atoms with Gasteiger partial charge in [0.2, 0.25) is 0 Å². The standard InChI is InChI=1S/C21H17FN2O2S2/c1-15-5-2-3-6-20(15)24-17(13-19(23-24)21-7-4-12-27-21)14-28(25,26)18-10-8-16(22)9-11-18/h2-13H,14H2,1H3. The second kappa shape index (κ2) is 7.33. The topological polar surface area (TPSA) is 52.0 Å². The molecule has 0 radical (unpaired) electrons. The molecule has 28 heavy (non-hydrogen) atoms. The van der Waals surface area contributed by atoms with Gasteiger partial charge in [-0.05, 0) is 60.3 Å². The van der Waals surface area contributed by atoms with Crippen molar-refractivity contribution in [2.45, 2.75) is 17.6 Å². The molecule has 0 fully saturated rings. The quantitative estimate of drug-likeness (QED) is 0.433. The average molecular weight is 413 g/mol. The van der Waals surface area contributed by atoms with E-state index in [0.717, 1.165) is 34.0 Å². The van der Waals surface area contributed by atoms with Crippen LogP contribution in [0, 0.1) is 12.7 Å². The molecule has 0 unspecified atom stereocenters. The van der Waals surface area contributed by atoms with Gasteiger partial charge in [-0.3, -0.25) is 0 Å². The third-order valence-electron chi connectivity index (χ3n) is 4.41. The minimum absolute atomic E-state index is 0.0871. The van der Waals surface area contributed by atoms with Crippen molar-refractivity contribution in [1.82, 2.24) is 9.78 Å². The summed E-state index contributed by atoms with van der Waals surface area (Å²) in [5, 5.41) is 6.63. The van der Waals surface area contributed by atoms with Crippen LogP contribution in [0.25, 0.3) is 16.3 Å². The van der Waals surface area contributed by atoms with Crippen LogP contribution in [0.5, 0.6) is 0 Å². The zero-order valence-electron chi connectivity index (χ0n) is 15.0. The SMILES string of the molecule is Cc1ccccc1-n1nc(-c2cccs2)cc1CS(=O)(=O)c1ccc(F)cc1. The number of sulfone groups is 1. The molecule has 0 saturated heterocycles. The highest BCUT2D eigenvalue weighted by Gasteiger charge is 2.21. The van der Waals surface area contributed by atoms with Crippen LogP contribution in [-0.2, 0) is 15.6 Å². The lowest BCUT2D eigenvalue weighted by Crippen LogP contribution is -2.11. The first-order chi connectivity index (χ1) is 13.4. The molecule has 0 bridgehead atoms. The van der Waals surface area contributed by atoms with E-state index in [0.29, 0.717) is 5.69 Å². The van der Waals surface area contributed by atoms with Crippen molar-refractivity contribution in [3.8, 4) is 16.3 Å². The zero-order chi connectivity index (χ0) is 19.7. The Hall–Kier alpha value is -2.77. The van der Waals surface area contributed by atoms with E-state index >= 15 is 0 Å². The molecule has 2 aromatic carbocycles. The van der Waals surface area contributed by atoms with E-state index in [-0.39, 0.29) is 10.6 Å². The zero-order valence-corrected chi connectivity index (χ0v) is 16.7. The summed E-state index contributed by atoms with van der Waals surface area (Å²) in [6.45, 7) is 1.96. The highest BCUT2D eigenvalue weighted by atomic mass is 32.2. The molecule has 4 nitrogen and oxygen atoms in total. The first-order valence-corrected chi connectivity index (χ1v) is 11.1. The molecule has 4 rings (SSSR count). The first kappa shape index (κ1) is 18.6. The van der Waals surface area contributed by atoms with Crippen molar-refractivity contribution in [2.75, 3.05) is 0 Å². The van der Waals surface area contributed by atoms with E-state index in [4.69, 9.17) is 0 Å².